The molecule has 1 N–H and O–H groups in total. The predicted octanol–water partition coefficient (Wildman–Crippen LogP) is 2.42. The topological polar surface area (TPSA) is 86.3 Å². The summed E-state index contributed by atoms with van der Waals surface area (Å²) in [6.45, 7) is 4.25. The minimum Gasteiger partial charge on any atom is -0.360 e. The van der Waals surface area contributed by atoms with Crippen LogP contribution in [-0.4, -0.2) is 36.9 Å². The van der Waals surface area contributed by atoms with Crippen LogP contribution < -0.4 is 5.32 Å². The summed E-state index contributed by atoms with van der Waals surface area (Å²) >= 11 is 0. The molecule has 0 unspecified atom stereocenters. The molecule has 10 heteroatoms. The van der Waals surface area contributed by atoms with E-state index in [0.717, 1.165) is 4.52 Å². The third kappa shape index (κ3) is 3.48. The van der Waals surface area contributed by atoms with E-state index in [4.69, 9.17) is 4.74 Å². The average Bonchev–Trinajstić information content (AvgIpc) is 3.18. The van der Waals surface area contributed by atoms with Crippen molar-refractivity contribution in [3.05, 3.63) is 41.6 Å². The van der Waals surface area contributed by atoms with Crippen LogP contribution in [0.25, 0.3) is 5.65 Å². The smallest absolute Gasteiger partial charge is 0.280 e. The maximum atomic E-state index is 13.1. The third-order valence-corrected chi connectivity index (χ3v) is 3.41. The number of halogens is 2. The van der Waals surface area contributed by atoms with E-state index >= 15 is 0 Å². The van der Waals surface area contributed by atoms with E-state index in [9.17, 15) is 13.6 Å². The van der Waals surface area contributed by atoms with E-state index in [0.29, 0.717) is 18.0 Å². The van der Waals surface area contributed by atoms with Gasteiger partial charge in [-0.05, 0) is 19.9 Å². The van der Waals surface area contributed by atoms with E-state index in [1.165, 1.54) is 23.1 Å². The van der Waals surface area contributed by atoms with Gasteiger partial charge in [-0.2, -0.15) is 10.2 Å². The van der Waals surface area contributed by atoms with Crippen LogP contribution in [0.5, 0.6) is 0 Å². The standard InChI is InChI=1S/C15H16F2N6O2/c1-3-25-8-22-7-10(5-18-22)21-15(24)11-6-19-23-12(13(16)17)4-9(2)20-14(11)23/h4-7,13H,3,8H2,1-2H3,(H,21,24). The van der Waals surface area contributed by atoms with Crippen molar-refractivity contribution in [1.82, 2.24) is 24.4 Å². The highest BCUT2D eigenvalue weighted by molar-refractivity contribution is 6.08. The molecule has 3 heterocycles. The molecule has 0 radical (unpaired) electrons. The van der Waals surface area contributed by atoms with Crippen LogP contribution in [0.15, 0.2) is 24.7 Å². The number of anilines is 1. The molecule has 3 aromatic rings. The maximum absolute atomic E-state index is 13.1. The monoisotopic (exact) mass is 350 g/mol. The number of aromatic nitrogens is 5. The Morgan fingerprint density at radius 1 is 1.36 bits per heavy atom. The molecule has 0 atom stereocenters. The predicted molar refractivity (Wildman–Crippen MR) is 84.5 cm³/mol. The first kappa shape index (κ1) is 17.0. The molecule has 3 aromatic heterocycles. The van der Waals surface area contributed by atoms with Crippen LogP contribution in [0.3, 0.4) is 0 Å². The highest BCUT2D eigenvalue weighted by Gasteiger charge is 2.20. The van der Waals surface area contributed by atoms with Gasteiger partial charge in [0.05, 0.1) is 24.3 Å². The van der Waals surface area contributed by atoms with Crippen LogP contribution >= 0.6 is 0 Å². The van der Waals surface area contributed by atoms with Crippen LogP contribution in [0, 0.1) is 6.92 Å². The lowest BCUT2D eigenvalue weighted by atomic mass is 10.3. The number of hydrogen-bond acceptors (Lipinski definition) is 5. The first-order valence-corrected chi connectivity index (χ1v) is 7.54. The molecule has 0 aliphatic rings. The first-order valence-electron chi connectivity index (χ1n) is 7.54. The summed E-state index contributed by atoms with van der Waals surface area (Å²) in [6, 6.07) is 1.24. The third-order valence-electron chi connectivity index (χ3n) is 3.41. The average molecular weight is 350 g/mol. The fourth-order valence-corrected chi connectivity index (χ4v) is 2.31. The van der Waals surface area contributed by atoms with Crippen LogP contribution in [0.4, 0.5) is 14.5 Å². The zero-order valence-electron chi connectivity index (χ0n) is 13.6. The molecular weight excluding hydrogens is 334 g/mol. The molecule has 0 spiro atoms. The molecule has 0 aliphatic heterocycles. The zero-order valence-corrected chi connectivity index (χ0v) is 13.6. The zero-order chi connectivity index (χ0) is 18.0. The molecule has 0 aliphatic carbocycles. The molecule has 25 heavy (non-hydrogen) atoms. The Hall–Kier alpha value is -2.88. The number of alkyl halides is 2. The van der Waals surface area contributed by atoms with Crippen molar-refractivity contribution in [2.45, 2.75) is 27.0 Å². The van der Waals surface area contributed by atoms with Gasteiger partial charge in [0.1, 0.15) is 18.0 Å². The van der Waals surface area contributed by atoms with Crippen molar-refractivity contribution in [1.29, 1.82) is 0 Å². The van der Waals surface area contributed by atoms with Crippen LogP contribution in [-0.2, 0) is 11.5 Å². The van der Waals surface area contributed by atoms with Gasteiger partial charge in [-0.3, -0.25) is 4.79 Å². The summed E-state index contributed by atoms with van der Waals surface area (Å²) < 4.78 is 34.0. The lowest BCUT2D eigenvalue weighted by Crippen LogP contribution is -2.12. The SMILES string of the molecule is CCOCn1cc(NC(=O)c2cnn3c(C(F)F)cc(C)nc23)cn1. The second kappa shape index (κ2) is 6.93. The molecule has 1 amide bonds. The van der Waals surface area contributed by atoms with Gasteiger partial charge < -0.3 is 10.1 Å². The summed E-state index contributed by atoms with van der Waals surface area (Å²) in [5, 5.41) is 10.5. The molecule has 132 valence electrons. The number of ether oxygens (including phenoxy) is 1. The summed E-state index contributed by atoms with van der Waals surface area (Å²) in [5.74, 6) is -0.510. The Morgan fingerprint density at radius 3 is 2.88 bits per heavy atom. The summed E-state index contributed by atoms with van der Waals surface area (Å²) in [5.41, 5.74) is 0.691. The quantitative estimate of drug-likeness (QED) is 0.738. The van der Waals surface area contributed by atoms with Crippen molar-refractivity contribution in [3.8, 4) is 0 Å². The van der Waals surface area contributed by atoms with Gasteiger partial charge in [0.25, 0.3) is 12.3 Å². The van der Waals surface area contributed by atoms with Crippen molar-refractivity contribution in [3.63, 3.8) is 0 Å². The fourth-order valence-electron chi connectivity index (χ4n) is 2.31. The molecular formula is C15H16F2N6O2. The number of nitrogens with one attached hydrogen (secondary N) is 1. The first-order chi connectivity index (χ1) is 12.0. The van der Waals surface area contributed by atoms with Crippen LogP contribution in [0.1, 0.15) is 35.1 Å². The molecule has 0 saturated heterocycles. The fraction of sp³-hybridized carbons (Fsp3) is 0.333. The van der Waals surface area contributed by atoms with Crippen LogP contribution in [0.2, 0.25) is 0 Å². The Morgan fingerprint density at radius 2 is 2.16 bits per heavy atom. The number of hydrogen-bond donors (Lipinski definition) is 1. The number of carbonyl (C=O) groups excluding carboxylic acids is 1. The van der Waals surface area contributed by atoms with Gasteiger partial charge in [0.2, 0.25) is 0 Å². The normalized spacial score (nSPS) is 11.4. The number of nitrogens with zero attached hydrogens (tertiary/aromatic N) is 5. The number of fused-ring (bicyclic) bond motifs is 1. The second-order valence-corrected chi connectivity index (χ2v) is 5.26. The van der Waals surface area contributed by atoms with Gasteiger partial charge in [-0.25, -0.2) is 23.0 Å². The highest BCUT2D eigenvalue weighted by Crippen LogP contribution is 2.22. The summed E-state index contributed by atoms with van der Waals surface area (Å²) in [7, 11) is 0. The number of aryl methyl sites for hydroxylation is 1. The van der Waals surface area contributed by atoms with E-state index < -0.39 is 12.3 Å². The molecule has 0 bridgehead atoms. The Kier molecular flexibility index (Phi) is 4.70. The Labute approximate surface area is 141 Å². The highest BCUT2D eigenvalue weighted by atomic mass is 19.3. The lowest BCUT2D eigenvalue weighted by molar-refractivity contribution is 0.0792. The summed E-state index contributed by atoms with van der Waals surface area (Å²) in [4.78, 5) is 16.6. The minimum absolute atomic E-state index is 0.0782. The second-order valence-electron chi connectivity index (χ2n) is 5.26. The molecule has 0 saturated carbocycles. The van der Waals surface area contributed by atoms with E-state index in [-0.39, 0.29) is 23.6 Å². The van der Waals surface area contributed by atoms with E-state index in [2.05, 4.69) is 20.5 Å². The molecule has 0 fully saturated rings. The molecule has 0 aromatic carbocycles. The summed E-state index contributed by atoms with van der Waals surface area (Å²) in [6.07, 6.45) is 1.55. The van der Waals surface area contributed by atoms with Gasteiger partial charge >= 0.3 is 0 Å². The van der Waals surface area contributed by atoms with Crippen molar-refractivity contribution < 1.29 is 18.3 Å². The molecule has 3 rings (SSSR count). The Balaban J connectivity index is 1.86. The van der Waals surface area contributed by atoms with E-state index in [1.807, 2.05) is 6.92 Å². The van der Waals surface area contributed by atoms with Gasteiger partial charge in [-0.1, -0.05) is 0 Å². The maximum Gasteiger partial charge on any atom is 0.280 e. The molecule has 8 nitrogen and oxygen atoms in total. The van der Waals surface area contributed by atoms with Crippen molar-refractivity contribution >= 4 is 17.2 Å². The van der Waals surface area contributed by atoms with Crippen molar-refractivity contribution in [2.75, 3.05) is 11.9 Å². The number of amides is 1. The lowest BCUT2D eigenvalue weighted by Gasteiger charge is -2.05. The largest absolute Gasteiger partial charge is 0.360 e. The van der Waals surface area contributed by atoms with E-state index in [1.54, 1.807) is 13.1 Å². The number of rotatable bonds is 6. The Bertz CT molecular complexity index is 905. The minimum atomic E-state index is -2.73. The van der Waals surface area contributed by atoms with Gasteiger partial charge in [0, 0.05) is 12.3 Å². The van der Waals surface area contributed by atoms with Gasteiger partial charge in [-0.15, -0.1) is 0 Å². The van der Waals surface area contributed by atoms with Crippen molar-refractivity contribution in [2.24, 2.45) is 0 Å². The number of carbonyl (C=O) groups is 1. The van der Waals surface area contributed by atoms with Gasteiger partial charge in [0.15, 0.2) is 5.65 Å².